The van der Waals surface area contributed by atoms with Gasteiger partial charge in [-0.25, -0.2) is 0 Å². The molecule has 2 aromatic rings. The predicted octanol–water partition coefficient (Wildman–Crippen LogP) is 1.93. The fourth-order valence-corrected chi connectivity index (χ4v) is 2.45. The fraction of sp³-hybridized carbons (Fsp3) is 0.312. The quantitative estimate of drug-likeness (QED) is 0.933. The lowest BCUT2D eigenvalue weighted by Gasteiger charge is -2.17. The molecule has 5 heteroatoms. The van der Waals surface area contributed by atoms with Gasteiger partial charge in [0.2, 0.25) is 0 Å². The minimum Gasteiger partial charge on any atom is -0.497 e. The Morgan fingerprint density at radius 2 is 1.86 bits per heavy atom. The van der Waals surface area contributed by atoms with Gasteiger partial charge in [0.25, 0.3) is 5.56 Å². The highest BCUT2D eigenvalue weighted by Crippen LogP contribution is 2.27. The number of aryl methyl sites for hydroxylation is 2. The number of methoxy groups -OCH3 is 2. The Bertz CT molecular complexity index is 720. The second-order valence-corrected chi connectivity index (χ2v) is 4.83. The normalized spacial score (nSPS) is 10.5. The SMILES string of the molecule is COc1ccc(OC)c(-n2c(C)cc(C)c(CN)c2=O)c1. The molecule has 0 unspecified atom stereocenters. The van der Waals surface area contributed by atoms with Gasteiger partial charge in [0.1, 0.15) is 11.5 Å². The van der Waals surface area contributed by atoms with E-state index in [4.69, 9.17) is 15.2 Å². The molecular weight excluding hydrogens is 268 g/mol. The van der Waals surface area contributed by atoms with Crippen LogP contribution in [0.15, 0.2) is 29.1 Å². The topological polar surface area (TPSA) is 66.5 Å². The molecule has 2 rings (SSSR count). The summed E-state index contributed by atoms with van der Waals surface area (Å²) in [5.41, 5.74) is 8.55. The molecule has 21 heavy (non-hydrogen) atoms. The lowest BCUT2D eigenvalue weighted by Crippen LogP contribution is -2.27. The van der Waals surface area contributed by atoms with Gasteiger partial charge >= 0.3 is 0 Å². The Labute approximate surface area is 123 Å². The van der Waals surface area contributed by atoms with Gasteiger partial charge in [-0.3, -0.25) is 9.36 Å². The zero-order chi connectivity index (χ0) is 15.6. The lowest BCUT2D eigenvalue weighted by atomic mass is 10.1. The standard InChI is InChI=1S/C16H20N2O3/c1-10-7-11(2)18(16(19)13(10)9-17)14-8-12(20-3)5-6-15(14)21-4/h5-8H,9,17H2,1-4H3. The molecule has 1 aromatic carbocycles. The van der Waals surface area contributed by atoms with E-state index >= 15 is 0 Å². The fourth-order valence-electron chi connectivity index (χ4n) is 2.45. The van der Waals surface area contributed by atoms with Crippen LogP contribution in [0.3, 0.4) is 0 Å². The maximum atomic E-state index is 12.7. The summed E-state index contributed by atoms with van der Waals surface area (Å²) >= 11 is 0. The summed E-state index contributed by atoms with van der Waals surface area (Å²) in [7, 11) is 3.16. The van der Waals surface area contributed by atoms with Gasteiger partial charge in [-0.05, 0) is 37.6 Å². The van der Waals surface area contributed by atoms with Crippen molar-refractivity contribution in [3.05, 3.63) is 51.4 Å². The van der Waals surface area contributed by atoms with Crippen LogP contribution in [0.25, 0.3) is 5.69 Å². The number of nitrogens with zero attached hydrogens (tertiary/aromatic N) is 1. The van der Waals surface area contributed by atoms with Gasteiger partial charge in [0, 0.05) is 23.9 Å². The number of pyridine rings is 1. The smallest absolute Gasteiger partial charge is 0.260 e. The van der Waals surface area contributed by atoms with Gasteiger partial charge in [0.05, 0.1) is 19.9 Å². The van der Waals surface area contributed by atoms with Crippen molar-refractivity contribution in [2.45, 2.75) is 20.4 Å². The third-order valence-electron chi connectivity index (χ3n) is 3.55. The van der Waals surface area contributed by atoms with Crippen molar-refractivity contribution in [2.24, 2.45) is 5.73 Å². The van der Waals surface area contributed by atoms with E-state index in [0.29, 0.717) is 22.7 Å². The van der Waals surface area contributed by atoms with Crippen molar-refractivity contribution in [3.63, 3.8) is 0 Å². The van der Waals surface area contributed by atoms with Crippen molar-refractivity contribution in [2.75, 3.05) is 14.2 Å². The van der Waals surface area contributed by atoms with Crippen molar-refractivity contribution in [1.82, 2.24) is 4.57 Å². The molecule has 0 fully saturated rings. The summed E-state index contributed by atoms with van der Waals surface area (Å²) in [6.45, 7) is 3.98. The third kappa shape index (κ3) is 2.64. The molecule has 0 spiro atoms. The number of ether oxygens (including phenoxy) is 2. The molecule has 5 nitrogen and oxygen atoms in total. The van der Waals surface area contributed by atoms with Gasteiger partial charge in [-0.2, -0.15) is 0 Å². The van der Waals surface area contributed by atoms with Gasteiger partial charge in [-0.15, -0.1) is 0 Å². The number of rotatable bonds is 4. The van der Waals surface area contributed by atoms with Crippen molar-refractivity contribution < 1.29 is 9.47 Å². The molecule has 1 aromatic heterocycles. The maximum Gasteiger partial charge on any atom is 0.260 e. The first-order chi connectivity index (χ1) is 10.0. The van der Waals surface area contributed by atoms with Gasteiger partial charge in [-0.1, -0.05) is 0 Å². The summed E-state index contributed by atoms with van der Waals surface area (Å²) < 4.78 is 12.2. The summed E-state index contributed by atoms with van der Waals surface area (Å²) in [6, 6.07) is 7.30. The second kappa shape index (κ2) is 6.01. The van der Waals surface area contributed by atoms with Crippen LogP contribution in [-0.4, -0.2) is 18.8 Å². The molecule has 1 heterocycles. The van der Waals surface area contributed by atoms with Crippen molar-refractivity contribution in [3.8, 4) is 17.2 Å². The third-order valence-corrected chi connectivity index (χ3v) is 3.55. The maximum absolute atomic E-state index is 12.7. The summed E-state index contributed by atoms with van der Waals surface area (Å²) in [5.74, 6) is 1.26. The summed E-state index contributed by atoms with van der Waals surface area (Å²) in [5, 5.41) is 0. The number of nitrogens with two attached hydrogens (primary N) is 1. The van der Waals surface area contributed by atoms with Crippen LogP contribution in [-0.2, 0) is 6.54 Å². The van der Waals surface area contributed by atoms with E-state index in [-0.39, 0.29) is 12.1 Å². The van der Waals surface area contributed by atoms with Crippen LogP contribution >= 0.6 is 0 Å². The Balaban J connectivity index is 2.81. The molecule has 0 amide bonds. The first-order valence-electron chi connectivity index (χ1n) is 6.68. The number of hydrogen-bond donors (Lipinski definition) is 1. The van der Waals surface area contributed by atoms with Crippen molar-refractivity contribution >= 4 is 0 Å². The minimum absolute atomic E-state index is 0.124. The molecule has 0 aliphatic heterocycles. The van der Waals surface area contributed by atoms with Crippen LogP contribution in [0.2, 0.25) is 0 Å². The first-order valence-corrected chi connectivity index (χ1v) is 6.68. The summed E-state index contributed by atoms with van der Waals surface area (Å²) in [4.78, 5) is 12.7. The predicted molar refractivity (Wildman–Crippen MR) is 82.5 cm³/mol. The monoisotopic (exact) mass is 288 g/mol. The van der Waals surface area contributed by atoms with Gasteiger partial charge in [0.15, 0.2) is 0 Å². The lowest BCUT2D eigenvalue weighted by molar-refractivity contribution is 0.401. The molecule has 0 bridgehead atoms. The Morgan fingerprint density at radius 1 is 1.14 bits per heavy atom. The Kier molecular flexibility index (Phi) is 4.33. The highest BCUT2D eigenvalue weighted by Gasteiger charge is 2.15. The highest BCUT2D eigenvalue weighted by atomic mass is 16.5. The molecule has 2 N–H and O–H groups in total. The zero-order valence-electron chi connectivity index (χ0n) is 12.8. The molecule has 0 radical (unpaired) electrons. The second-order valence-electron chi connectivity index (χ2n) is 4.83. The number of aromatic nitrogens is 1. The molecule has 0 saturated carbocycles. The van der Waals surface area contributed by atoms with E-state index < -0.39 is 0 Å². The Hall–Kier alpha value is -2.27. The minimum atomic E-state index is -0.124. The van der Waals surface area contributed by atoms with E-state index in [2.05, 4.69) is 0 Å². The van der Waals surface area contributed by atoms with Crippen LogP contribution in [0.4, 0.5) is 0 Å². The number of hydrogen-bond acceptors (Lipinski definition) is 4. The molecule has 0 aliphatic carbocycles. The van der Waals surface area contributed by atoms with Crippen molar-refractivity contribution in [1.29, 1.82) is 0 Å². The van der Waals surface area contributed by atoms with E-state index in [1.54, 1.807) is 37.0 Å². The van der Waals surface area contributed by atoms with E-state index in [0.717, 1.165) is 11.3 Å². The van der Waals surface area contributed by atoms with Gasteiger partial charge < -0.3 is 15.2 Å². The van der Waals surface area contributed by atoms with E-state index in [1.807, 2.05) is 19.9 Å². The average Bonchev–Trinajstić information content (AvgIpc) is 2.47. The molecule has 112 valence electrons. The Morgan fingerprint density at radius 3 is 2.43 bits per heavy atom. The molecule has 0 aliphatic rings. The van der Waals surface area contributed by atoms with E-state index in [1.165, 1.54) is 0 Å². The highest BCUT2D eigenvalue weighted by molar-refractivity contribution is 5.53. The first kappa shape index (κ1) is 15.1. The van der Waals surface area contributed by atoms with E-state index in [9.17, 15) is 4.79 Å². The van der Waals surface area contributed by atoms with Crippen LogP contribution in [0.1, 0.15) is 16.8 Å². The van der Waals surface area contributed by atoms with Crippen LogP contribution < -0.4 is 20.8 Å². The number of benzene rings is 1. The largest absolute Gasteiger partial charge is 0.497 e. The molecule has 0 atom stereocenters. The molecular formula is C16H20N2O3. The summed E-state index contributed by atoms with van der Waals surface area (Å²) in [6.07, 6.45) is 0. The molecule has 0 saturated heterocycles. The van der Waals surface area contributed by atoms with Crippen LogP contribution in [0.5, 0.6) is 11.5 Å². The zero-order valence-corrected chi connectivity index (χ0v) is 12.8. The van der Waals surface area contributed by atoms with Crippen LogP contribution in [0, 0.1) is 13.8 Å². The average molecular weight is 288 g/mol.